The Labute approximate surface area is 588 Å². The molecule has 1 heterocycles. The van der Waals surface area contributed by atoms with Crippen molar-refractivity contribution in [2.24, 2.45) is 0 Å². The first-order valence-corrected chi connectivity index (χ1v) is 34.7. The monoisotopic (exact) mass is 1460 g/mol. The number of carbonyl (C=O) groups is 16. The number of carbonyl (C=O) groups excluding carboxylic acids is 16. The maximum absolute atomic E-state index is 17.1. The summed E-state index contributed by atoms with van der Waals surface area (Å²) in [5.74, 6) is -20.5. The molecule has 8 amide bonds. The van der Waals surface area contributed by atoms with Gasteiger partial charge in [0.05, 0.1) is 71.9 Å². The van der Waals surface area contributed by atoms with E-state index in [9.17, 15) is 123 Å². The van der Waals surface area contributed by atoms with Gasteiger partial charge in [-0.25, -0.2) is 4.79 Å². The van der Waals surface area contributed by atoms with Crippen molar-refractivity contribution in [2.45, 2.75) is 171 Å². The Kier molecular flexibility index (Phi) is 37.7. The van der Waals surface area contributed by atoms with Crippen LogP contribution in [0.5, 0.6) is 0 Å². The molecule has 0 aromatic heterocycles. The van der Waals surface area contributed by atoms with Crippen molar-refractivity contribution < 1.29 is 127 Å². The van der Waals surface area contributed by atoms with E-state index in [1.165, 1.54) is 43.9 Å². The predicted molar refractivity (Wildman–Crippen MR) is 336 cm³/mol. The second-order valence-electron chi connectivity index (χ2n) is 26.4. The Morgan fingerprint density at radius 3 is 1.21 bits per heavy atom. The average Bonchev–Trinajstić information content (AvgIpc) is 0.748. The molecule has 1 aliphatic heterocycles. The van der Waals surface area contributed by atoms with Gasteiger partial charge < -0.3 is 136 Å². The van der Waals surface area contributed by atoms with Gasteiger partial charge in [-0.05, 0) is 85.2 Å². The van der Waals surface area contributed by atoms with Crippen molar-refractivity contribution in [2.75, 3.05) is 91.6 Å². The standard InChI is InChI=1S/C63H99FN12O25Si/c1-62(2,3)102(64,63(4,5)6)39-14-12-38(13-15-39)54(89)67-34-44(69-49(80)20-18-45(60(99)100)76-32-30-74(36-52(85)86)28-26-73(35-51(83)84)27-29-75(31-33-76)37-53(87)88)55(90)70-41(57(93)94)10-7-8-24-65-46(77)21-22-47(78)66-25-9-11-40(56(91)92)68-48(79)19-16-42(58(95)96)71-61(101)72-43(59(97)98)17-23-50(81)82/h12-15,40-45H,7-11,16-37H2,1-6H3,(H,65,77)(H,66,78)(H,67,89)(H,68,79)(H,69,80)(H,70,90)(H,81,82)(H,83,84)(H,85,86)(H,87,88)(H,91,92)(H,93,94)(H,95,96)(H,97,98)(H,99,100)(H2,71,72,101)/p-9/t40-,41-,42+,43+,44-,45+/m1/s1/i64-1. The molecule has 39 heteroatoms. The summed E-state index contributed by atoms with van der Waals surface area (Å²) in [7, 11) is -3.79. The van der Waals surface area contributed by atoms with E-state index in [0.717, 1.165) is 0 Å². The molecule has 1 saturated heterocycles. The number of rotatable bonds is 43. The molecule has 6 atom stereocenters. The van der Waals surface area contributed by atoms with Crippen molar-refractivity contribution in [3.05, 3.63) is 29.8 Å². The number of benzene rings is 1. The molecule has 37 nitrogen and oxygen atoms in total. The van der Waals surface area contributed by atoms with Crippen LogP contribution in [0.25, 0.3) is 0 Å². The van der Waals surface area contributed by atoms with Crippen LogP contribution >= 0.6 is 0 Å². The first-order valence-electron chi connectivity index (χ1n) is 32.9. The lowest BCUT2D eigenvalue weighted by Gasteiger charge is -2.44. The number of amides is 8. The zero-order valence-electron chi connectivity index (χ0n) is 57.7. The van der Waals surface area contributed by atoms with Crippen molar-refractivity contribution >= 4 is 109 Å². The third-order valence-electron chi connectivity index (χ3n) is 16.5. The van der Waals surface area contributed by atoms with Gasteiger partial charge in [0.2, 0.25) is 29.5 Å². The summed E-state index contributed by atoms with van der Waals surface area (Å²) in [5, 5.41) is 122. The molecule has 0 radical (unpaired) electrons. The van der Waals surface area contributed by atoms with E-state index in [1.54, 1.807) is 46.9 Å². The molecule has 0 unspecified atom stereocenters. The molecular weight excluding hydrogens is 1370 g/mol. The Morgan fingerprint density at radius 2 is 0.794 bits per heavy atom. The highest BCUT2D eigenvalue weighted by Crippen LogP contribution is 2.51. The quantitative estimate of drug-likeness (QED) is 0.0171. The fourth-order valence-electron chi connectivity index (χ4n) is 11.3. The Balaban J connectivity index is 2.15. The summed E-state index contributed by atoms with van der Waals surface area (Å²) >= 11 is 0. The minimum absolute atomic E-state index is 0.00445. The van der Waals surface area contributed by atoms with Crippen molar-refractivity contribution in [1.29, 1.82) is 0 Å². The van der Waals surface area contributed by atoms with Crippen LogP contribution in [0.1, 0.15) is 135 Å². The van der Waals surface area contributed by atoms with Gasteiger partial charge in [-0.1, -0.05) is 53.7 Å². The summed E-state index contributed by atoms with van der Waals surface area (Å²) in [6.45, 7) is 6.89. The van der Waals surface area contributed by atoms with Crippen LogP contribution in [-0.2, 0) is 67.1 Å². The van der Waals surface area contributed by atoms with Gasteiger partial charge in [0.25, 0.3) is 14.3 Å². The fourth-order valence-corrected chi connectivity index (χ4v) is 15.9. The average molecular weight is 1460 g/mol. The Bertz CT molecular complexity index is 3050. The molecule has 1 aliphatic rings. The molecule has 1 fully saturated rings. The summed E-state index contributed by atoms with van der Waals surface area (Å²) in [6, 6.07) is -6.26. The summed E-state index contributed by atoms with van der Waals surface area (Å²) in [6.07, 6.45) is -5.42. The molecular formula is C63H90FN12O25Si-9. The minimum atomic E-state index is -3.79. The van der Waals surface area contributed by atoms with Gasteiger partial charge in [0.1, 0.15) is 6.04 Å². The zero-order chi connectivity index (χ0) is 77.2. The second-order valence-corrected chi connectivity index (χ2v) is 31.3. The number of nitrogens with one attached hydrogen (secondary N) is 8. The molecule has 0 aliphatic carbocycles. The van der Waals surface area contributed by atoms with Crippen LogP contribution in [-0.4, -0.2) is 251 Å². The molecule has 8 N–H and O–H groups in total. The van der Waals surface area contributed by atoms with Crippen LogP contribution in [0.4, 0.5) is 8.90 Å². The molecule has 0 spiro atoms. The van der Waals surface area contributed by atoms with Crippen LogP contribution in [0, 0.1) is 0 Å². The van der Waals surface area contributed by atoms with Crippen LogP contribution in [0.3, 0.4) is 0 Å². The number of hydrogen-bond donors (Lipinski definition) is 8. The molecule has 2 rings (SSSR count). The number of aliphatic carboxylic acids is 9. The number of carboxylic acid groups (broad SMARTS) is 9. The summed E-state index contributed by atoms with van der Waals surface area (Å²) in [5.41, 5.74) is 0.00702. The fraction of sp³-hybridized carbons (Fsp3) is 0.651. The second kappa shape index (κ2) is 43.4. The normalized spacial score (nSPS) is 15.6. The number of carboxylic acids is 9. The lowest BCUT2D eigenvalue weighted by molar-refractivity contribution is -0.313. The molecule has 0 saturated carbocycles. The topological polar surface area (TPSA) is 590 Å². The molecule has 572 valence electrons. The maximum atomic E-state index is 17.1. The SMILES string of the molecule is CC(C)(C)[Si]([18F])(c1ccc(C(=O)NC[C@@H](NC(=O)CC[C@@H](C(=O)[O-])N2CCN(CC(=O)[O-])CCN(CC(=O)[O-])CCN(CC(=O)[O-])CC2)C(=O)N[C@H](CCCCNC(=O)CCC(=O)NCCC[C@@H](NC(=O)CC[C@H](NC(=O)N[C@@H](CCC(=O)[O-])C(=O)[O-])C(=O)[O-])C(=O)[O-])C(=O)[O-])cc1)C(C)(C)C. The highest BCUT2D eigenvalue weighted by molar-refractivity contribution is 6.90. The van der Waals surface area contributed by atoms with E-state index in [4.69, 9.17) is 0 Å². The van der Waals surface area contributed by atoms with Crippen molar-refractivity contribution in [3.8, 4) is 0 Å². The Morgan fingerprint density at radius 1 is 0.412 bits per heavy atom. The van der Waals surface area contributed by atoms with Crippen LogP contribution in [0.2, 0.25) is 10.1 Å². The van der Waals surface area contributed by atoms with E-state index in [1.807, 2.05) is 5.32 Å². The van der Waals surface area contributed by atoms with Gasteiger partial charge in [-0.15, -0.1) is 0 Å². The highest BCUT2D eigenvalue weighted by Gasteiger charge is 2.56. The van der Waals surface area contributed by atoms with Crippen molar-refractivity contribution in [3.63, 3.8) is 0 Å². The van der Waals surface area contributed by atoms with E-state index >= 15 is 4.11 Å². The highest BCUT2D eigenvalue weighted by atomic mass is 28.4. The van der Waals surface area contributed by atoms with Crippen molar-refractivity contribution in [1.82, 2.24) is 62.1 Å². The van der Waals surface area contributed by atoms with E-state index in [2.05, 4.69) is 31.9 Å². The third kappa shape index (κ3) is 32.9. The Hall–Kier alpha value is -9.47. The van der Waals surface area contributed by atoms with Crippen LogP contribution < -0.4 is 93.7 Å². The molecule has 102 heavy (non-hydrogen) atoms. The smallest absolute Gasteiger partial charge is 0.315 e. The zero-order valence-corrected chi connectivity index (χ0v) is 58.7. The molecule has 1 aromatic carbocycles. The number of unbranched alkanes of at least 4 members (excludes halogenated alkanes) is 1. The lowest BCUT2D eigenvalue weighted by atomic mass is 10.1. The van der Waals surface area contributed by atoms with E-state index in [-0.39, 0.29) is 116 Å². The first kappa shape index (κ1) is 88.6. The number of urea groups is 1. The largest absolute Gasteiger partial charge is 0.550 e. The van der Waals surface area contributed by atoms with Crippen LogP contribution in [0.15, 0.2) is 24.3 Å². The minimum Gasteiger partial charge on any atom is -0.550 e. The number of nitrogens with zero attached hydrogens (tertiary/aromatic N) is 4. The van der Waals surface area contributed by atoms with Gasteiger partial charge >= 0.3 is 6.03 Å². The number of halogens is 1. The maximum Gasteiger partial charge on any atom is 0.315 e. The van der Waals surface area contributed by atoms with Gasteiger partial charge in [-0.2, -0.15) is 0 Å². The van der Waals surface area contributed by atoms with Gasteiger partial charge in [0.15, 0.2) is 0 Å². The van der Waals surface area contributed by atoms with Gasteiger partial charge in [-0.3, -0.25) is 48.4 Å². The number of hydrogen-bond acceptors (Lipinski definition) is 29. The lowest BCUT2D eigenvalue weighted by Crippen LogP contribution is -2.58. The predicted octanol–water partition coefficient (Wildman–Crippen LogP) is -13.7. The summed E-state index contributed by atoms with van der Waals surface area (Å²) in [4.78, 5) is 202. The van der Waals surface area contributed by atoms with E-state index in [0.29, 0.717) is 5.19 Å². The van der Waals surface area contributed by atoms with E-state index < -0.39 is 215 Å². The first-order chi connectivity index (χ1) is 47.5. The van der Waals surface area contributed by atoms with Gasteiger partial charge in [0, 0.05) is 135 Å². The molecule has 1 aromatic rings. The molecule has 0 bridgehead atoms. The summed E-state index contributed by atoms with van der Waals surface area (Å²) < 4.78 is 17.1. The third-order valence-corrected chi connectivity index (χ3v) is 21.8.